The van der Waals surface area contributed by atoms with Gasteiger partial charge in [0.2, 0.25) is 6.20 Å². The van der Waals surface area contributed by atoms with Gasteiger partial charge in [-0.2, -0.15) is 0 Å². The number of imidazole rings is 1. The Hall–Kier alpha value is -1.65. The average Bonchev–Trinajstić information content (AvgIpc) is 2.31. The van der Waals surface area contributed by atoms with Crippen LogP contribution in [0.25, 0.3) is 6.08 Å². The third kappa shape index (κ3) is 1.89. The number of rotatable bonds is 2. The Balaban J connectivity index is 2.79. The zero-order chi connectivity index (χ0) is 8.27. The summed E-state index contributed by atoms with van der Waals surface area (Å²) in [4.78, 5) is 13.2. The third-order valence-corrected chi connectivity index (χ3v) is 1.22. The molecule has 0 saturated heterocycles. The lowest BCUT2D eigenvalue weighted by Gasteiger charge is -1.89. The van der Waals surface area contributed by atoms with Gasteiger partial charge < -0.3 is 4.57 Å². The van der Waals surface area contributed by atoms with Crippen molar-refractivity contribution < 1.29 is 4.92 Å². The van der Waals surface area contributed by atoms with Gasteiger partial charge in [-0.3, -0.25) is 10.1 Å². The van der Waals surface area contributed by atoms with Gasteiger partial charge in [-0.1, -0.05) is 0 Å². The lowest BCUT2D eigenvalue weighted by atomic mass is 10.4. The van der Waals surface area contributed by atoms with E-state index in [9.17, 15) is 10.1 Å². The second-order valence-corrected chi connectivity index (χ2v) is 2.03. The Morgan fingerprint density at radius 1 is 1.82 bits per heavy atom. The minimum atomic E-state index is -0.507. The summed E-state index contributed by atoms with van der Waals surface area (Å²) in [6, 6.07) is 0. The summed E-state index contributed by atoms with van der Waals surface area (Å²) >= 11 is 0. The normalized spacial score (nSPS) is 10.6. The van der Waals surface area contributed by atoms with Crippen LogP contribution in [0.15, 0.2) is 18.7 Å². The second kappa shape index (κ2) is 2.96. The van der Waals surface area contributed by atoms with Gasteiger partial charge in [0.1, 0.15) is 0 Å². The smallest absolute Gasteiger partial charge is 0.236 e. The van der Waals surface area contributed by atoms with Crippen LogP contribution >= 0.6 is 0 Å². The first kappa shape index (κ1) is 7.46. The van der Waals surface area contributed by atoms with Crippen LogP contribution in [0.1, 0.15) is 5.69 Å². The first-order chi connectivity index (χ1) is 5.20. The molecule has 0 saturated carbocycles. The molecule has 0 spiro atoms. The standard InChI is InChI=1S/C6H7N3O2/c1-8-5-7-4-6(8)2-3-9(10)11/h2-5H,1H3. The first-order valence-corrected chi connectivity index (χ1v) is 2.98. The fourth-order valence-electron chi connectivity index (χ4n) is 0.665. The number of aryl methyl sites for hydroxylation is 1. The van der Waals surface area contributed by atoms with Gasteiger partial charge in [0.05, 0.1) is 23.1 Å². The quantitative estimate of drug-likeness (QED) is 0.463. The molecule has 11 heavy (non-hydrogen) atoms. The van der Waals surface area contributed by atoms with Gasteiger partial charge in [-0.05, 0) is 0 Å². The summed E-state index contributed by atoms with van der Waals surface area (Å²) in [6.07, 6.45) is 5.42. The highest BCUT2D eigenvalue weighted by Crippen LogP contribution is 1.98. The van der Waals surface area contributed by atoms with Gasteiger partial charge in [0, 0.05) is 13.1 Å². The molecule has 1 aromatic heterocycles. The molecule has 1 heterocycles. The molecule has 0 radical (unpaired) electrons. The number of hydrogen-bond acceptors (Lipinski definition) is 3. The summed E-state index contributed by atoms with van der Waals surface area (Å²) in [5.41, 5.74) is 0.710. The zero-order valence-electron chi connectivity index (χ0n) is 5.97. The lowest BCUT2D eigenvalue weighted by Crippen LogP contribution is -1.88. The van der Waals surface area contributed by atoms with Crippen molar-refractivity contribution >= 4 is 6.08 Å². The highest BCUT2D eigenvalue weighted by Gasteiger charge is 1.93. The van der Waals surface area contributed by atoms with Crippen LogP contribution in [-0.4, -0.2) is 14.5 Å². The van der Waals surface area contributed by atoms with E-state index >= 15 is 0 Å². The molecule has 0 fully saturated rings. The molecule has 0 N–H and O–H groups in total. The van der Waals surface area contributed by atoms with E-state index in [1.165, 1.54) is 6.08 Å². The van der Waals surface area contributed by atoms with Gasteiger partial charge in [0.25, 0.3) is 0 Å². The highest BCUT2D eigenvalue weighted by molar-refractivity contribution is 5.41. The molecule has 1 aromatic rings. The topological polar surface area (TPSA) is 61.0 Å². The van der Waals surface area contributed by atoms with E-state index < -0.39 is 4.92 Å². The molecule has 58 valence electrons. The third-order valence-electron chi connectivity index (χ3n) is 1.22. The number of hydrogen-bond donors (Lipinski definition) is 0. The molecule has 1 rings (SSSR count). The van der Waals surface area contributed by atoms with Crippen LogP contribution in [-0.2, 0) is 7.05 Å². The molecule has 0 amide bonds. The molecule has 0 unspecified atom stereocenters. The van der Waals surface area contributed by atoms with Gasteiger partial charge in [-0.25, -0.2) is 4.98 Å². The van der Waals surface area contributed by atoms with Crippen LogP contribution in [0.3, 0.4) is 0 Å². The van der Waals surface area contributed by atoms with Crippen LogP contribution in [0, 0.1) is 10.1 Å². The Morgan fingerprint density at radius 3 is 3.00 bits per heavy atom. The Morgan fingerprint density at radius 2 is 2.55 bits per heavy atom. The van der Waals surface area contributed by atoms with Crippen LogP contribution in [0.4, 0.5) is 0 Å². The largest absolute Gasteiger partial charge is 0.334 e. The van der Waals surface area contributed by atoms with Gasteiger partial charge in [-0.15, -0.1) is 0 Å². The van der Waals surface area contributed by atoms with Crippen molar-refractivity contribution in [3.05, 3.63) is 34.5 Å². The van der Waals surface area contributed by atoms with Gasteiger partial charge >= 0.3 is 0 Å². The summed E-state index contributed by atoms with van der Waals surface area (Å²) in [6.45, 7) is 0. The number of nitrogens with zero attached hydrogens (tertiary/aromatic N) is 3. The van der Waals surface area contributed by atoms with Crippen molar-refractivity contribution in [2.75, 3.05) is 0 Å². The van der Waals surface area contributed by atoms with Crippen molar-refractivity contribution in [2.45, 2.75) is 0 Å². The fourth-order valence-corrected chi connectivity index (χ4v) is 0.665. The SMILES string of the molecule is Cn1cncc1C=C[N+](=O)[O-]. The molecular formula is C6H7N3O2. The van der Waals surface area contributed by atoms with Crippen molar-refractivity contribution in [1.82, 2.24) is 9.55 Å². The molecular weight excluding hydrogens is 146 g/mol. The van der Waals surface area contributed by atoms with E-state index in [0.717, 1.165) is 6.20 Å². The van der Waals surface area contributed by atoms with E-state index in [4.69, 9.17) is 0 Å². The maximum Gasteiger partial charge on any atom is 0.236 e. The Labute approximate surface area is 63.1 Å². The number of nitro groups is 1. The highest BCUT2D eigenvalue weighted by atomic mass is 16.6. The molecule has 0 aliphatic rings. The van der Waals surface area contributed by atoms with E-state index in [0.29, 0.717) is 5.69 Å². The van der Waals surface area contributed by atoms with E-state index in [1.54, 1.807) is 24.1 Å². The summed E-state index contributed by atoms with van der Waals surface area (Å²) in [7, 11) is 1.77. The van der Waals surface area contributed by atoms with Crippen LogP contribution in [0.5, 0.6) is 0 Å². The van der Waals surface area contributed by atoms with Crippen LogP contribution < -0.4 is 0 Å². The minimum Gasteiger partial charge on any atom is -0.334 e. The summed E-state index contributed by atoms with van der Waals surface area (Å²) < 4.78 is 1.69. The van der Waals surface area contributed by atoms with Crippen molar-refractivity contribution in [3.63, 3.8) is 0 Å². The molecule has 0 atom stereocenters. The predicted octanol–water partition coefficient (Wildman–Crippen LogP) is 0.667. The maximum atomic E-state index is 9.89. The predicted molar refractivity (Wildman–Crippen MR) is 39.2 cm³/mol. The molecule has 0 aliphatic heterocycles. The lowest BCUT2D eigenvalue weighted by molar-refractivity contribution is -0.401. The Kier molecular flexibility index (Phi) is 2.00. The zero-order valence-corrected chi connectivity index (χ0v) is 5.97. The van der Waals surface area contributed by atoms with E-state index in [1.807, 2.05) is 0 Å². The number of aromatic nitrogens is 2. The molecule has 0 aliphatic carbocycles. The minimum absolute atomic E-state index is 0.507. The van der Waals surface area contributed by atoms with Gasteiger partial charge in [0.15, 0.2) is 0 Å². The molecule has 5 heteroatoms. The molecule has 5 nitrogen and oxygen atoms in total. The van der Waals surface area contributed by atoms with Crippen molar-refractivity contribution in [1.29, 1.82) is 0 Å². The molecule has 0 aromatic carbocycles. The summed E-state index contributed by atoms with van der Waals surface area (Å²) in [5, 5.41) is 9.89. The summed E-state index contributed by atoms with van der Waals surface area (Å²) in [5.74, 6) is 0. The first-order valence-electron chi connectivity index (χ1n) is 2.98. The monoisotopic (exact) mass is 153 g/mol. The fraction of sp³-hybridized carbons (Fsp3) is 0.167. The molecule has 0 bridgehead atoms. The van der Waals surface area contributed by atoms with Crippen molar-refractivity contribution in [2.24, 2.45) is 7.05 Å². The van der Waals surface area contributed by atoms with E-state index in [-0.39, 0.29) is 0 Å². The second-order valence-electron chi connectivity index (χ2n) is 2.03. The van der Waals surface area contributed by atoms with E-state index in [2.05, 4.69) is 4.98 Å². The average molecular weight is 153 g/mol. The van der Waals surface area contributed by atoms with Crippen LogP contribution in [0.2, 0.25) is 0 Å². The maximum absolute atomic E-state index is 9.89. The Bertz CT molecular complexity index is 290. The van der Waals surface area contributed by atoms with Crippen molar-refractivity contribution in [3.8, 4) is 0 Å².